The Balaban J connectivity index is 2.09. The molecule has 0 aliphatic heterocycles. The maximum Gasteiger partial charge on any atom is 0.495 e. The first-order chi connectivity index (χ1) is 13.2. The van der Waals surface area contributed by atoms with Gasteiger partial charge in [0.05, 0.1) is 6.04 Å². The summed E-state index contributed by atoms with van der Waals surface area (Å²) in [5.74, 6) is -0.0423. The minimum atomic E-state index is -3.49. The van der Waals surface area contributed by atoms with Crippen LogP contribution in [-0.4, -0.2) is 30.9 Å². The molecular formula is C22H33NO4Si. The normalized spacial score (nSPS) is 12.9. The van der Waals surface area contributed by atoms with Crippen molar-refractivity contribution in [1.82, 2.24) is 5.32 Å². The maximum absolute atomic E-state index is 11.8. The Hall–Kier alpha value is -1.73. The highest BCUT2D eigenvalue weighted by atomic mass is 28.4. The van der Waals surface area contributed by atoms with E-state index in [0.29, 0.717) is 19.1 Å². The lowest BCUT2D eigenvalue weighted by molar-refractivity contribution is -0.119. The fourth-order valence-electron chi connectivity index (χ4n) is 3.61. The van der Waals surface area contributed by atoms with Crippen molar-refractivity contribution in [3.63, 3.8) is 0 Å². The maximum atomic E-state index is 11.8. The van der Waals surface area contributed by atoms with Crippen LogP contribution in [0, 0.1) is 13.8 Å². The SMILES string of the molecule is CCO[Si](O)(O)CCCCC[C@@H](NC(C)=O)c1cccc2cc(C)c(C)cc12. The number of unbranched alkanes of at least 4 members (excludes halogenated alkanes) is 2. The molecule has 0 radical (unpaired) electrons. The van der Waals surface area contributed by atoms with Crippen molar-refractivity contribution in [1.29, 1.82) is 0 Å². The van der Waals surface area contributed by atoms with Gasteiger partial charge in [-0.25, -0.2) is 0 Å². The van der Waals surface area contributed by atoms with Crippen LogP contribution in [-0.2, 0) is 9.22 Å². The van der Waals surface area contributed by atoms with Crippen LogP contribution in [0.3, 0.4) is 0 Å². The molecule has 0 unspecified atom stereocenters. The molecule has 1 atom stereocenters. The third-order valence-electron chi connectivity index (χ3n) is 5.15. The predicted octanol–water partition coefficient (Wildman–Crippen LogP) is 4.15. The molecule has 6 heteroatoms. The number of nitrogens with one attached hydrogen (secondary N) is 1. The molecule has 2 rings (SSSR count). The van der Waals surface area contributed by atoms with Crippen LogP contribution in [0.5, 0.6) is 0 Å². The van der Waals surface area contributed by atoms with E-state index in [-0.39, 0.29) is 11.9 Å². The van der Waals surface area contributed by atoms with Crippen LogP contribution in [0.25, 0.3) is 10.8 Å². The highest BCUT2D eigenvalue weighted by molar-refractivity contribution is 6.57. The Bertz CT molecular complexity index is 806. The monoisotopic (exact) mass is 403 g/mol. The number of hydrogen-bond acceptors (Lipinski definition) is 4. The van der Waals surface area contributed by atoms with Crippen molar-refractivity contribution in [2.45, 2.75) is 65.5 Å². The lowest BCUT2D eigenvalue weighted by Gasteiger charge is -2.21. The van der Waals surface area contributed by atoms with E-state index in [9.17, 15) is 14.4 Å². The molecule has 5 nitrogen and oxygen atoms in total. The minimum absolute atomic E-state index is 0.0423. The van der Waals surface area contributed by atoms with E-state index in [2.05, 4.69) is 43.4 Å². The van der Waals surface area contributed by atoms with Gasteiger partial charge in [0.15, 0.2) is 0 Å². The second-order valence-electron chi connectivity index (χ2n) is 7.53. The van der Waals surface area contributed by atoms with Gasteiger partial charge in [0.25, 0.3) is 0 Å². The van der Waals surface area contributed by atoms with E-state index in [0.717, 1.165) is 24.8 Å². The Kier molecular flexibility index (Phi) is 8.18. The van der Waals surface area contributed by atoms with Crippen LogP contribution in [0.1, 0.15) is 62.3 Å². The molecule has 2 aromatic carbocycles. The summed E-state index contributed by atoms with van der Waals surface area (Å²) in [5.41, 5.74) is 3.64. The highest BCUT2D eigenvalue weighted by Gasteiger charge is 2.30. The number of carbonyl (C=O) groups is 1. The summed E-state index contributed by atoms with van der Waals surface area (Å²) < 4.78 is 5.04. The van der Waals surface area contributed by atoms with Crippen molar-refractivity contribution in [2.75, 3.05) is 6.61 Å². The average molecular weight is 404 g/mol. The third-order valence-corrected chi connectivity index (χ3v) is 6.91. The lowest BCUT2D eigenvalue weighted by Crippen LogP contribution is -2.38. The predicted molar refractivity (Wildman–Crippen MR) is 115 cm³/mol. The van der Waals surface area contributed by atoms with Crippen LogP contribution in [0.2, 0.25) is 6.04 Å². The molecule has 0 aliphatic rings. The van der Waals surface area contributed by atoms with Gasteiger partial charge in [-0.1, -0.05) is 43.2 Å². The minimum Gasteiger partial charge on any atom is -0.390 e. The van der Waals surface area contributed by atoms with Crippen molar-refractivity contribution in [3.05, 3.63) is 47.0 Å². The number of amides is 1. The second kappa shape index (κ2) is 10.2. The molecule has 0 heterocycles. The quantitative estimate of drug-likeness (QED) is 0.411. The second-order valence-corrected chi connectivity index (χ2v) is 9.81. The van der Waals surface area contributed by atoms with E-state index in [1.54, 1.807) is 13.8 Å². The number of fused-ring (bicyclic) bond motifs is 1. The van der Waals surface area contributed by atoms with Crippen LogP contribution in [0.4, 0.5) is 0 Å². The van der Waals surface area contributed by atoms with E-state index in [1.165, 1.54) is 21.9 Å². The number of hydrogen-bond donors (Lipinski definition) is 3. The first-order valence-corrected chi connectivity index (χ1v) is 12.1. The molecule has 1 amide bonds. The van der Waals surface area contributed by atoms with Crippen LogP contribution >= 0.6 is 0 Å². The molecule has 2 aromatic rings. The number of carbonyl (C=O) groups excluding carboxylic acids is 1. The Labute approximate surface area is 169 Å². The molecular weight excluding hydrogens is 370 g/mol. The molecule has 28 heavy (non-hydrogen) atoms. The van der Waals surface area contributed by atoms with Gasteiger partial charge in [0.2, 0.25) is 5.91 Å². The summed E-state index contributed by atoms with van der Waals surface area (Å²) in [6.45, 7) is 7.86. The average Bonchev–Trinajstić information content (AvgIpc) is 2.60. The Morgan fingerprint density at radius 2 is 1.86 bits per heavy atom. The molecule has 0 saturated carbocycles. The number of benzene rings is 2. The fraction of sp³-hybridized carbons (Fsp3) is 0.500. The highest BCUT2D eigenvalue weighted by Crippen LogP contribution is 2.30. The number of rotatable bonds is 10. The molecule has 0 aromatic heterocycles. The van der Waals surface area contributed by atoms with Gasteiger partial charge >= 0.3 is 8.80 Å². The number of aryl methyl sites for hydroxylation is 2. The molecule has 0 saturated heterocycles. The fourth-order valence-corrected chi connectivity index (χ4v) is 4.93. The first-order valence-electron chi connectivity index (χ1n) is 10.1. The van der Waals surface area contributed by atoms with Crippen LogP contribution in [0.15, 0.2) is 30.3 Å². The van der Waals surface area contributed by atoms with Gasteiger partial charge < -0.3 is 19.3 Å². The van der Waals surface area contributed by atoms with Crippen molar-refractivity contribution in [3.8, 4) is 0 Å². The largest absolute Gasteiger partial charge is 0.495 e. The lowest BCUT2D eigenvalue weighted by atomic mass is 9.92. The van der Waals surface area contributed by atoms with E-state index < -0.39 is 8.80 Å². The van der Waals surface area contributed by atoms with Gasteiger partial charge in [-0.05, 0) is 61.1 Å². The zero-order valence-corrected chi connectivity index (χ0v) is 18.4. The Morgan fingerprint density at radius 3 is 2.54 bits per heavy atom. The first kappa shape index (κ1) is 22.6. The molecule has 0 bridgehead atoms. The molecule has 0 spiro atoms. The van der Waals surface area contributed by atoms with Crippen molar-refractivity contribution >= 4 is 25.5 Å². The Morgan fingerprint density at radius 1 is 1.14 bits per heavy atom. The van der Waals surface area contributed by atoms with E-state index in [1.807, 2.05) is 6.07 Å². The summed E-state index contributed by atoms with van der Waals surface area (Å²) in [5, 5.41) is 5.46. The molecule has 0 fully saturated rings. The topological polar surface area (TPSA) is 78.8 Å². The summed E-state index contributed by atoms with van der Waals surface area (Å²) in [6.07, 6.45) is 3.27. The summed E-state index contributed by atoms with van der Waals surface area (Å²) >= 11 is 0. The van der Waals surface area contributed by atoms with E-state index in [4.69, 9.17) is 4.43 Å². The van der Waals surface area contributed by atoms with Gasteiger partial charge in [0, 0.05) is 19.6 Å². The zero-order valence-electron chi connectivity index (χ0n) is 17.4. The third kappa shape index (κ3) is 6.41. The van der Waals surface area contributed by atoms with Crippen LogP contribution < -0.4 is 5.32 Å². The summed E-state index contributed by atoms with van der Waals surface area (Å²) in [4.78, 5) is 31.4. The van der Waals surface area contributed by atoms with Gasteiger partial charge in [0.1, 0.15) is 0 Å². The van der Waals surface area contributed by atoms with Gasteiger partial charge in [-0.15, -0.1) is 0 Å². The zero-order chi connectivity index (χ0) is 20.7. The summed E-state index contributed by atoms with van der Waals surface area (Å²) in [7, 11) is -3.49. The molecule has 154 valence electrons. The smallest absolute Gasteiger partial charge is 0.390 e. The summed E-state index contributed by atoms with van der Waals surface area (Å²) in [6, 6.07) is 10.9. The molecule has 0 aliphatic carbocycles. The van der Waals surface area contributed by atoms with Crippen molar-refractivity contribution in [2.24, 2.45) is 0 Å². The molecule has 3 N–H and O–H groups in total. The van der Waals surface area contributed by atoms with Crippen molar-refractivity contribution < 1.29 is 18.8 Å². The standard InChI is InChI=1S/C22H33NO4Si/c1-5-27-28(25,26)13-8-6-7-12-22(23-18(4)24)20-11-9-10-19-14-16(2)17(3)15-21(19)20/h9-11,14-15,22,25-26H,5-8,12-13H2,1-4H3,(H,23,24)/t22-/m1/s1. The van der Waals surface area contributed by atoms with Gasteiger partial charge in [-0.2, -0.15) is 0 Å². The van der Waals surface area contributed by atoms with E-state index >= 15 is 0 Å². The van der Waals surface area contributed by atoms with Gasteiger partial charge in [-0.3, -0.25) is 4.79 Å².